The average Bonchev–Trinajstić information content (AvgIpc) is 2.03. The molecule has 0 heterocycles. The van der Waals surface area contributed by atoms with Gasteiger partial charge >= 0.3 is 0 Å². The fourth-order valence-electron chi connectivity index (χ4n) is 1.08. The molecule has 0 aliphatic rings. The molecule has 2 atom stereocenters. The van der Waals surface area contributed by atoms with Crippen molar-refractivity contribution in [1.29, 1.82) is 0 Å². The van der Waals surface area contributed by atoms with Gasteiger partial charge in [0.25, 0.3) is 0 Å². The number of carbonyl (C=O) groups is 1. The van der Waals surface area contributed by atoms with Crippen LogP contribution in [0.2, 0.25) is 0 Å². The molecule has 0 aliphatic carbocycles. The summed E-state index contributed by atoms with van der Waals surface area (Å²) in [6, 6.07) is 0.330. The van der Waals surface area contributed by atoms with Crippen molar-refractivity contribution in [2.75, 3.05) is 0 Å². The normalized spacial score (nSPS) is 15.3. The van der Waals surface area contributed by atoms with E-state index in [9.17, 15) is 4.79 Å². The van der Waals surface area contributed by atoms with Crippen molar-refractivity contribution in [1.82, 2.24) is 5.32 Å². The Morgan fingerprint density at radius 3 is 2.33 bits per heavy atom. The summed E-state index contributed by atoms with van der Waals surface area (Å²) in [4.78, 5) is 11.3. The molecule has 0 rings (SSSR count). The van der Waals surface area contributed by atoms with Crippen molar-refractivity contribution in [3.63, 3.8) is 0 Å². The fraction of sp³-hybridized carbons (Fsp3) is 0.900. The van der Waals surface area contributed by atoms with Gasteiger partial charge < -0.3 is 5.32 Å². The van der Waals surface area contributed by atoms with Crippen LogP contribution in [0.3, 0.4) is 0 Å². The van der Waals surface area contributed by atoms with E-state index >= 15 is 0 Å². The van der Waals surface area contributed by atoms with Gasteiger partial charge in [-0.25, -0.2) is 0 Å². The second-order valence-electron chi connectivity index (χ2n) is 3.51. The van der Waals surface area contributed by atoms with Gasteiger partial charge in [-0.3, -0.25) is 4.79 Å². The highest BCUT2D eigenvalue weighted by Crippen LogP contribution is 2.02. The third-order valence-electron chi connectivity index (χ3n) is 2.17. The minimum atomic E-state index is 0.157. The number of hydrogen-bond donors (Lipinski definition) is 1. The van der Waals surface area contributed by atoms with Crippen molar-refractivity contribution >= 4 is 5.91 Å². The van der Waals surface area contributed by atoms with Crippen LogP contribution in [0.15, 0.2) is 0 Å². The average molecular weight is 171 g/mol. The maximum absolute atomic E-state index is 11.3. The molecule has 2 heteroatoms. The molecule has 0 aliphatic heterocycles. The van der Waals surface area contributed by atoms with E-state index in [0.717, 1.165) is 19.3 Å². The van der Waals surface area contributed by atoms with Gasteiger partial charge in [-0.2, -0.15) is 0 Å². The first-order chi connectivity index (χ1) is 5.61. The summed E-state index contributed by atoms with van der Waals surface area (Å²) in [5.74, 6) is 0.350. The topological polar surface area (TPSA) is 29.1 Å². The minimum Gasteiger partial charge on any atom is -0.353 e. The molecule has 2 nitrogen and oxygen atoms in total. The van der Waals surface area contributed by atoms with Crippen molar-refractivity contribution in [2.24, 2.45) is 5.92 Å². The zero-order chi connectivity index (χ0) is 9.56. The highest BCUT2D eigenvalue weighted by atomic mass is 16.1. The van der Waals surface area contributed by atoms with E-state index < -0.39 is 0 Å². The highest BCUT2D eigenvalue weighted by Gasteiger charge is 2.11. The van der Waals surface area contributed by atoms with E-state index in [0.29, 0.717) is 6.04 Å². The monoisotopic (exact) mass is 171 g/mol. The fourth-order valence-corrected chi connectivity index (χ4v) is 1.08. The van der Waals surface area contributed by atoms with Gasteiger partial charge in [-0.05, 0) is 19.8 Å². The van der Waals surface area contributed by atoms with E-state index in [2.05, 4.69) is 19.2 Å². The zero-order valence-electron chi connectivity index (χ0n) is 8.68. The summed E-state index contributed by atoms with van der Waals surface area (Å²) in [7, 11) is 0. The maximum atomic E-state index is 11.3. The molecule has 72 valence electrons. The van der Waals surface area contributed by atoms with Gasteiger partial charge in [0, 0.05) is 12.0 Å². The number of carbonyl (C=O) groups excluding carboxylic acids is 1. The van der Waals surface area contributed by atoms with E-state index in [1.54, 1.807) is 0 Å². The standard InChI is InChI=1S/C10H21NO/c1-5-7-9(4)11-10(12)8(3)6-2/h8-9H,5-7H2,1-4H3,(H,11,12). The minimum absolute atomic E-state index is 0.157. The number of amides is 1. The Bertz CT molecular complexity index is 134. The second kappa shape index (κ2) is 6.04. The van der Waals surface area contributed by atoms with Crippen molar-refractivity contribution in [2.45, 2.75) is 53.0 Å². The van der Waals surface area contributed by atoms with Crippen LogP contribution in [0.25, 0.3) is 0 Å². The lowest BCUT2D eigenvalue weighted by atomic mass is 10.1. The van der Waals surface area contributed by atoms with Gasteiger partial charge in [0.2, 0.25) is 5.91 Å². The van der Waals surface area contributed by atoms with E-state index in [-0.39, 0.29) is 11.8 Å². The SMILES string of the molecule is CCCC(C)NC(=O)C(C)CC. The Labute approximate surface area is 75.7 Å². The lowest BCUT2D eigenvalue weighted by Crippen LogP contribution is -2.35. The molecule has 0 spiro atoms. The number of nitrogens with one attached hydrogen (secondary N) is 1. The molecule has 2 unspecified atom stereocenters. The summed E-state index contributed by atoms with van der Waals surface area (Å²) in [6.07, 6.45) is 3.12. The van der Waals surface area contributed by atoms with Crippen LogP contribution >= 0.6 is 0 Å². The van der Waals surface area contributed by atoms with Crippen LogP contribution in [-0.4, -0.2) is 11.9 Å². The molecule has 0 bridgehead atoms. The molecule has 0 aromatic heterocycles. The molecule has 0 aromatic rings. The summed E-state index contributed by atoms with van der Waals surface area (Å²) >= 11 is 0. The Morgan fingerprint density at radius 1 is 1.33 bits per heavy atom. The summed E-state index contributed by atoms with van der Waals surface area (Å²) in [5, 5.41) is 2.99. The molecular weight excluding hydrogens is 150 g/mol. The molecule has 0 saturated carbocycles. The Hall–Kier alpha value is -0.530. The zero-order valence-corrected chi connectivity index (χ0v) is 8.68. The lowest BCUT2D eigenvalue weighted by Gasteiger charge is -2.15. The number of rotatable bonds is 5. The molecule has 0 fully saturated rings. The Kier molecular flexibility index (Phi) is 5.77. The van der Waals surface area contributed by atoms with Crippen LogP contribution in [0.5, 0.6) is 0 Å². The van der Waals surface area contributed by atoms with Crippen molar-refractivity contribution in [3.05, 3.63) is 0 Å². The van der Waals surface area contributed by atoms with Crippen LogP contribution in [0.4, 0.5) is 0 Å². The molecule has 0 radical (unpaired) electrons. The van der Waals surface area contributed by atoms with Gasteiger partial charge in [-0.1, -0.05) is 27.2 Å². The maximum Gasteiger partial charge on any atom is 0.223 e. The molecule has 0 saturated heterocycles. The predicted octanol–water partition coefficient (Wildman–Crippen LogP) is 2.34. The first kappa shape index (κ1) is 11.5. The molecular formula is C10H21NO. The van der Waals surface area contributed by atoms with Gasteiger partial charge in [0.1, 0.15) is 0 Å². The highest BCUT2D eigenvalue weighted by molar-refractivity contribution is 5.78. The van der Waals surface area contributed by atoms with Crippen LogP contribution in [0, 0.1) is 5.92 Å². The number of hydrogen-bond acceptors (Lipinski definition) is 1. The van der Waals surface area contributed by atoms with Crippen LogP contribution in [-0.2, 0) is 4.79 Å². The van der Waals surface area contributed by atoms with Gasteiger partial charge in [0.15, 0.2) is 0 Å². The summed E-state index contributed by atoms with van der Waals surface area (Å²) in [5.41, 5.74) is 0. The summed E-state index contributed by atoms with van der Waals surface area (Å²) < 4.78 is 0. The molecule has 12 heavy (non-hydrogen) atoms. The second-order valence-corrected chi connectivity index (χ2v) is 3.51. The first-order valence-electron chi connectivity index (χ1n) is 4.92. The van der Waals surface area contributed by atoms with Gasteiger partial charge in [0.05, 0.1) is 0 Å². The third-order valence-corrected chi connectivity index (χ3v) is 2.17. The van der Waals surface area contributed by atoms with Crippen molar-refractivity contribution in [3.8, 4) is 0 Å². The predicted molar refractivity (Wildman–Crippen MR) is 52.0 cm³/mol. The molecule has 0 aromatic carbocycles. The third kappa shape index (κ3) is 4.37. The molecule has 1 N–H and O–H groups in total. The summed E-state index contributed by atoms with van der Waals surface area (Å²) in [6.45, 7) is 8.19. The quantitative estimate of drug-likeness (QED) is 0.676. The Balaban J connectivity index is 3.67. The van der Waals surface area contributed by atoms with Crippen molar-refractivity contribution < 1.29 is 4.79 Å². The van der Waals surface area contributed by atoms with Gasteiger partial charge in [-0.15, -0.1) is 0 Å². The lowest BCUT2D eigenvalue weighted by molar-refractivity contribution is -0.125. The molecule has 1 amide bonds. The van der Waals surface area contributed by atoms with E-state index in [4.69, 9.17) is 0 Å². The van der Waals surface area contributed by atoms with E-state index in [1.165, 1.54) is 0 Å². The first-order valence-corrected chi connectivity index (χ1v) is 4.92. The largest absolute Gasteiger partial charge is 0.353 e. The van der Waals surface area contributed by atoms with Crippen LogP contribution < -0.4 is 5.32 Å². The van der Waals surface area contributed by atoms with Crippen LogP contribution in [0.1, 0.15) is 47.0 Å². The Morgan fingerprint density at radius 2 is 1.92 bits per heavy atom. The van der Waals surface area contributed by atoms with E-state index in [1.807, 2.05) is 13.8 Å². The smallest absolute Gasteiger partial charge is 0.223 e.